The summed E-state index contributed by atoms with van der Waals surface area (Å²) in [6, 6.07) is 12.7. The summed E-state index contributed by atoms with van der Waals surface area (Å²) in [5.41, 5.74) is 5.09. The van der Waals surface area contributed by atoms with Gasteiger partial charge in [0.1, 0.15) is 6.26 Å². The first-order valence-corrected chi connectivity index (χ1v) is 10.9. The molecule has 0 bridgehead atoms. The molecule has 1 aromatic carbocycles. The molecule has 0 aliphatic heterocycles. The summed E-state index contributed by atoms with van der Waals surface area (Å²) in [5, 5.41) is 2.89. The Balaban J connectivity index is 1.61. The van der Waals surface area contributed by atoms with Crippen LogP contribution < -0.4 is 5.32 Å². The molecule has 6 nitrogen and oxygen atoms in total. The van der Waals surface area contributed by atoms with Gasteiger partial charge >= 0.3 is 0 Å². The number of carbonyl (C=O) groups is 1. The van der Waals surface area contributed by atoms with Crippen molar-refractivity contribution in [2.75, 3.05) is 6.54 Å². The van der Waals surface area contributed by atoms with Gasteiger partial charge in [0, 0.05) is 37.4 Å². The molecule has 0 saturated heterocycles. The molecule has 1 atom stereocenters. The number of hydrogen-bond acceptors (Lipinski definition) is 5. The first-order chi connectivity index (χ1) is 15.0. The van der Waals surface area contributed by atoms with Crippen LogP contribution in [0.2, 0.25) is 0 Å². The summed E-state index contributed by atoms with van der Waals surface area (Å²) in [7, 11) is 0. The van der Waals surface area contributed by atoms with Crippen molar-refractivity contribution in [3.05, 3.63) is 82.8 Å². The molecule has 0 spiro atoms. The molecule has 1 amide bonds. The van der Waals surface area contributed by atoms with E-state index in [-0.39, 0.29) is 5.91 Å². The van der Waals surface area contributed by atoms with Gasteiger partial charge in [-0.15, -0.1) is 0 Å². The quantitative estimate of drug-likeness (QED) is 0.524. The summed E-state index contributed by atoms with van der Waals surface area (Å²) >= 11 is 0. The summed E-state index contributed by atoms with van der Waals surface area (Å²) < 4.78 is 5.64. The molecule has 0 aliphatic carbocycles. The third-order valence-electron chi connectivity index (χ3n) is 5.61. The molecule has 2 heterocycles. The lowest BCUT2D eigenvalue weighted by atomic mass is 10.0. The fourth-order valence-corrected chi connectivity index (χ4v) is 3.42. The zero-order valence-corrected chi connectivity index (χ0v) is 18.9. The fraction of sp³-hybridized carbons (Fsp3) is 0.400. The van der Waals surface area contributed by atoms with Crippen molar-refractivity contribution in [3.8, 4) is 0 Å². The summed E-state index contributed by atoms with van der Waals surface area (Å²) in [4.78, 5) is 23.5. The van der Waals surface area contributed by atoms with Crippen LogP contribution in [0.25, 0.3) is 0 Å². The van der Waals surface area contributed by atoms with E-state index in [2.05, 4.69) is 66.1 Å². The van der Waals surface area contributed by atoms with E-state index in [4.69, 9.17) is 4.42 Å². The molecule has 0 fully saturated rings. The maximum Gasteiger partial charge on any atom is 0.273 e. The Morgan fingerprint density at radius 1 is 1.19 bits per heavy atom. The lowest BCUT2D eigenvalue weighted by Crippen LogP contribution is -2.32. The summed E-state index contributed by atoms with van der Waals surface area (Å²) in [5.74, 6) is 0.330. The second kappa shape index (κ2) is 10.9. The molecule has 0 saturated carbocycles. The Labute approximate surface area is 184 Å². The Morgan fingerprint density at radius 3 is 2.77 bits per heavy atom. The number of oxazole rings is 1. The fourth-order valence-electron chi connectivity index (χ4n) is 3.42. The van der Waals surface area contributed by atoms with Crippen LogP contribution in [0.15, 0.2) is 53.3 Å². The molecule has 0 radical (unpaired) electrons. The number of pyridine rings is 1. The smallest absolute Gasteiger partial charge is 0.273 e. The van der Waals surface area contributed by atoms with Crippen LogP contribution in [0.1, 0.15) is 59.0 Å². The number of nitrogens with zero attached hydrogens (tertiary/aromatic N) is 3. The van der Waals surface area contributed by atoms with Crippen molar-refractivity contribution in [1.29, 1.82) is 0 Å². The van der Waals surface area contributed by atoms with Crippen LogP contribution in [-0.2, 0) is 19.5 Å². The molecule has 1 N–H and O–H groups in total. The van der Waals surface area contributed by atoms with Gasteiger partial charge in [-0.05, 0) is 50.5 Å². The third kappa shape index (κ3) is 6.49. The number of hydrogen-bond donors (Lipinski definition) is 1. The number of aryl methyl sites for hydroxylation is 2. The van der Waals surface area contributed by atoms with Crippen molar-refractivity contribution < 1.29 is 9.21 Å². The van der Waals surface area contributed by atoms with E-state index < -0.39 is 0 Å². The van der Waals surface area contributed by atoms with Gasteiger partial charge in [-0.2, -0.15) is 0 Å². The summed E-state index contributed by atoms with van der Waals surface area (Å²) in [6.45, 7) is 10.5. The van der Waals surface area contributed by atoms with Crippen molar-refractivity contribution in [1.82, 2.24) is 20.2 Å². The molecule has 31 heavy (non-hydrogen) atoms. The van der Waals surface area contributed by atoms with E-state index in [1.54, 1.807) is 6.20 Å². The second-order valence-corrected chi connectivity index (χ2v) is 8.05. The predicted octanol–water partition coefficient (Wildman–Crippen LogP) is 4.46. The monoisotopic (exact) mass is 420 g/mol. The van der Waals surface area contributed by atoms with E-state index in [1.807, 2.05) is 18.2 Å². The minimum atomic E-state index is -0.226. The standard InChI is InChI=1S/C25H32N4O2/c1-5-20(4)29(15-21-14-18(2)9-10-19(21)3)16-24-28-23(17-31-24)25(30)27-13-11-22-8-6-7-12-26-22/h6-10,12,14,17,20H,5,11,13,15-16H2,1-4H3,(H,27,30). The lowest BCUT2D eigenvalue weighted by molar-refractivity contribution is 0.0949. The molecular weight excluding hydrogens is 388 g/mol. The number of carbonyl (C=O) groups excluding carboxylic acids is 1. The molecule has 164 valence electrons. The number of benzene rings is 1. The van der Waals surface area contributed by atoms with Crippen molar-refractivity contribution >= 4 is 5.91 Å². The van der Waals surface area contributed by atoms with Crippen LogP contribution in [0.5, 0.6) is 0 Å². The average molecular weight is 421 g/mol. The first kappa shape index (κ1) is 22.7. The average Bonchev–Trinajstić information content (AvgIpc) is 3.24. The molecule has 3 rings (SSSR count). The van der Waals surface area contributed by atoms with Crippen molar-refractivity contribution in [2.24, 2.45) is 0 Å². The molecule has 1 unspecified atom stereocenters. The number of nitrogens with one attached hydrogen (secondary N) is 1. The highest BCUT2D eigenvalue weighted by atomic mass is 16.3. The predicted molar refractivity (Wildman–Crippen MR) is 122 cm³/mol. The third-order valence-corrected chi connectivity index (χ3v) is 5.61. The molecule has 0 aliphatic rings. The molecule has 3 aromatic rings. The van der Waals surface area contributed by atoms with Gasteiger partial charge in [0.05, 0.1) is 6.54 Å². The van der Waals surface area contributed by atoms with Gasteiger partial charge in [0.25, 0.3) is 5.91 Å². The minimum absolute atomic E-state index is 0.226. The van der Waals surface area contributed by atoms with E-state index in [0.29, 0.717) is 37.1 Å². The van der Waals surface area contributed by atoms with E-state index in [0.717, 1.165) is 18.7 Å². The zero-order chi connectivity index (χ0) is 22.2. The van der Waals surface area contributed by atoms with Crippen LogP contribution in [0.3, 0.4) is 0 Å². The first-order valence-electron chi connectivity index (χ1n) is 10.9. The van der Waals surface area contributed by atoms with Gasteiger partial charge in [0.2, 0.25) is 5.89 Å². The number of rotatable bonds is 10. The molecule has 6 heteroatoms. The van der Waals surface area contributed by atoms with E-state index in [1.165, 1.54) is 23.0 Å². The highest BCUT2D eigenvalue weighted by Crippen LogP contribution is 2.18. The Morgan fingerprint density at radius 2 is 2.03 bits per heavy atom. The van der Waals surface area contributed by atoms with E-state index in [9.17, 15) is 4.79 Å². The normalized spacial score (nSPS) is 12.2. The van der Waals surface area contributed by atoms with Crippen molar-refractivity contribution in [3.63, 3.8) is 0 Å². The highest BCUT2D eigenvalue weighted by Gasteiger charge is 2.19. The minimum Gasteiger partial charge on any atom is -0.447 e. The van der Waals surface area contributed by atoms with Gasteiger partial charge in [-0.3, -0.25) is 14.7 Å². The largest absolute Gasteiger partial charge is 0.447 e. The maximum absolute atomic E-state index is 12.4. The second-order valence-electron chi connectivity index (χ2n) is 8.05. The van der Waals surface area contributed by atoms with Gasteiger partial charge in [-0.25, -0.2) is 4.98 Å². The maximum atomic E-state index is 12.4. The SMILES string of the molecule is CCC(C)N(Cc1nc(C(=O)NCCc2ccccn2)co1)Cc1cc(C)ccc1C. The Bertz CT molecular complexity index is 984. The van der Waals surface area contributed by atoms with Crippen LogP contribution in [0, 0.1) is 13.8 Å². The van der Waals surface area contributed by atoms with Crippen LogP contribution in [0.4, 0.5) is 0 Å². The molecule has 2 aromatic heterocycles. The van der Waals surface area contributed by atoms with E-state index >= 15 is 0 Å². The Kier molecular flexibility index (Phi) is 7.95. The van der Waals surface area contributed by atoms with Crippen molar-refractivity contribution in [2.45, 2.75) is 59.7 Å². The topological polar surface area (TPSA) is 71.3 Å². The summed E-state index contributed by atoms with van der Waals surface area (Å²) in [6.07, 6.45) is 4.89. The highest BCUT2D eigenvalue weighted by molar-refractivity contribution is 5.91. The van der Waals surface area contributed by atoms with Crippen LogP contribution >= 0.6 is 0 Å². The van der Waals surface area contributed by atoms with Gasteiger partial charge in [-0.1, -0.05) is 36.8 Å². The number of aromatic nitrogens is 2. The Hall–Kier alpha value is -2.99. The lowest BCUT2D eigenvalue weighted by Gasteiger charge is -2.28. The van der Waals surface area contributed by atoms with Gasteiger partial charge < -0.3 is 9.73 Å². The van der Waals surface area contributed by atoms with Gasteiger partial charge in [0.15, 0.2) is 5.69 Å². The zero-order valence-electron chi connectivity index (χ0n) is 18.9. The molecular formula is C25H32N4O2. The number of amides is 1. The van der Waals surface area contributed by atoms with Crippen LogP contribution in [-0.4, -0.2) is 33.4 Å².